The van der Waals surface area contributed by atoms with Crippen LogP contribution in [-0.2, 0) is 10.3 Å². The second-order valence-electron chi connectivity index (χ2n) is 10.4. The number of halogens is 1. The lowest BCUT2D eigenvalue weighted by atomic mass is 9.83. The maximum absolute atomic E-state index is 13.1. The van der Waals surface area contributed by atoms with Crippen LogP contribution in [0.5, 0.6) is 0 Å². The van der Waals surface area contributed by atoms with Crippen LogP contribution in [0.4, 0.5) is 9.59 Å². The first kappa shape index (κ1) is 29.0. The zero-order valence-electron chi connectivity index (χ0n) is 22.3. The minimum atomic E-state index is -0.684. The van der Waals surface area contributed by atoms with Crippen LogP contribution in [0.15, 0.2) is 18.2 Å². The predicted octanol–water partition coefficient (Wildman–Crippen LogP) is 4.00. The third-order valence-electron chi connectivity index (χ3n) is 7.67. The molecule has 206 valence electrons. The molecule has 1 fully saturated rings. The predicted molar refractivity (Wildman–Crippen MR) is 145 cm³/mol. The molecule has 1 aliphatic heterocycles. The number of methoxy groups -OCH3 is 1. The fraction of sp³-hybridized carbons (Fsp3) is 0.667. The lowest BCUT2D eigenvalue weighted by molar-refractivity contribution is 0.0915. The van der Waals surface area contributed by atoms with Crippen molar-refractivity contribution in [2.45, 2.75) is 69.4 Å². The van der Waals surface area contributed by atoms with Crippen LogP contribution in [0.3, 0.4) is 0 Å². The quantitative estimate of drug-likeness (QED) is 0.302. The summed E-state index contributed by atoms with van der Waals surface area (Å²) >= 11 is 6.31. The molecule has 0 bridgehead atoms. The molecule has 2 aliphatic rings. The van der Waals surface area contributed by atoms with E-state index < -0.39 is 11.6 Å². The fourth-order valence-corrected chi connectivity index (χ4v) is 5.82. The first-order valence-corrected chi connectivity index (χ1v) is 13.8. The number of alkyl carbamates (subject to hydrolysis) is 1. The Bertz CT molecular complexity index is 939. The number of hydrogen-bond acceptors (Lipinski definition) is 5. The third kappa shape index (κ3) is 7.98. The number of urea groups is 1. The van der Waals surface area contributed by atoms with Crippen LogP contribution in [0.25, 0.3) is 0 Å². The van der Waals surface area contributed by atoms with Gasteiger partial charge in [0, 0.05) is 43.3 Å². The average Bonchev–Trinajstić information content (AvgIpc) is 3.16. The molecule has 3 rings (SSSR count). The summed E-state index contributed by atoms with van der Waals surface area (Å²) in [6, 6.07) is 5.24. The van der Waals surface area contributed by atoms with E-state index in [1.54, 1.807) is 24.1 Å². The van der Waals surface area contributed by atoms with Crippen LogP contribution in [-0.4, -0.2) is 69.8 Å². The minimum absolute atomic E-state index is 0.0760. The highest BCUT2D eigenvalue weighted by Crippen LogP contribution is 2.39. The van der Waals surface area contributed by atoms with Gasteiger partial charge in [-0.1, -0.05) is 43.7 Å². The summed E-state index contributed by atoms with van der Waals surface area (Å²) in [5.41, 5.74) is 0.747. The molecule has 0 radical (unpaired) electrons. The van der Waals surface area contributed by atoms with E-state index in [2.05, 4.69) is 26.0 Å². The van der Waals surface area contributed by atoms with Gasteiger partial charge in [-0.05, 0) is 62.4 Å². The van der Waals surface area contributed by atoms with Gasteiger partial charge in [0.05, 0.1) is 12.6 Å². The van der Waals surface area contributed by atoms with Crippen molar-refractivity contribution >= 4 is 29.6 Å². The molecule has 1 saturated carbocycles. The number of nitrogens with one attached hydrogen (secondary N) is 4. The van der Waals surface area contributed by atoms with Crippen molar-refractivity contribution in [1.29, 1.82) is 0 Å². The van der Waals surface area contributed by atoms with Crippen molar-refractivity contribution in [3.8, 4) is 0 Å². The molecule has 10 heteroatoms. The largest absolute Gasteiger partial charge is 0.453 e. The molecule has 4 amide bonds. The van der Waals surface area contributed by atoms with Gasteiger partial charge in [-0.15, -0.1) is 0 Å². The van der Waals surface area contributed by atoms with E-state index in [1.807, 2.05) is 13.1 Å². The molecule has 0 aromatic heterocycles. The molecule has 1 aromatic carbocycles. The molecular formula is C27H42ClN5O4. The van der Waals surface area contributed by atoms with Gasteiger partial charge in [0.2, 0.25) is 0 Å². The molecule has 1 aliphatic carbocycles. The van der Waals surface area contributed by atoms with Gasteiger partial charge in [-0.3, -0.25) is 4.79 Å². The Morgan fingerprint density at radius 3 is 2.70 bits per heavy atom. The molecule has 9 nitrogen and oxygen atoms in total. The van der Waals surface area contributed by atoms with E-state index >= 15 is 0 Å². The summed E-state index contributed by atoms with van der Waals surface area (Å²) < 4.78 is 4.65. The molecule has 0 spiro atoms. The average molecular weight is 536 g/mol. The summed E-state index contributed by atoms with van der Waals surface area (Å²) in [5, 5.41) is 12.8. The number of benzene rings is 1. The molecule has 1 aromatic rings. The lowest BCUT2D eigenvalue weighted by Crippen LogP contribution is -2.49. The number of hydrogen-bond donors (Lipinski definition) is 4. The van der Waals surface area contributed by atoms with E-state index in [-0.39, 0.29) is 18.0 Å². The van der Waals surface area contributed by atoms with Gasteiger partial charge >= 0.3 is 12.1 Å². The molecule has 2 atom stereocenters. The summed E-state index contributed by atoms with van der Waals surface area (Å²) in [6.07, 6.45) is 8.55. The van der Waals surface area contributed by atoms with Crippen molar-refractivity contribution in [2.24, 2.45) is 5.92 Å². The summed E-state index contributed by atoms with van der Waals surface area (Å²) in [4.78, 5) is 39.1. The van der Waals surface area contributed by atoms with Crippen LogP contribution in [0.2, 0.25) is 5.02 Å². The zero-order chi connectivity index (χ0) is 26.8. The number of carbonyl (C=O) groups is 3. The molecule has 1 unspecified atom stereocenters. The van der Waals surface area contributed by atoms with E-state index in [4.69, 9.17) is 11.6 Å². The Labute approximate surface area is 225 Å². The first-order valence-electron chi connectivity index (χ1n) is 13.4. The molecular weight excluding hydrogens is 494 g/mol. The van der Waals surface area contributed by atoms with Crippen molar-refractivity contribution in [3.05, 3.63) is 34.3 Å². The van der Waals surface area contributed by atoms with Crippen LogP contribution in [0, 0.1) is 5.92 Å². The van der Waals surface area contributed by atoms with Crippen LogP contribution < -0.4 is 21.3 Å². The van der Waals surface area contributed by atoms with E-state index in [0.29, 0.717) is 48.9 Å². The van der Waals surface area contributed by atoms with Crippen molar-refractivity contribution < 1.29 is 19.1 Å². The maximum atomic E-state index is 13.1. The van der Waals surface area contributed by atoms with Crippen molar-refractivity contribution in [2.75, 3.05) is 40.8 Å². The topological polar surface area (TPSA) is 112 Å². The summed E-state index contributed by atoms with van der Waals surface area (Å²) in [7, 11) is 5.02. The van der Waals surface area contributed by atoms with E-state index in [0.717, 1.165) is 18.5 Å². The number of ether oxygens (including phenoxy) is 1. The Balaban J connectivity index is 1.65. The SMILES string of the molecule is CNCC(CC1CCCCC1)NC(=O)N(C)CC[C@]1(CCCNC(=O)OC)NC(=O)c2ccc(Cl)cc21. The zero-order valence-corrected chi connectivity index (χ0v) is 23.1. The standard InChI is InChI=1S/C27H42ClN5O4/c1-29-18-21(16-19-8-5-4-6-9-19)31-25(35)33(2)15-13-27(12-7-14-30-26(36)37-3)23-17-20(28)10-11-22(23)24(34)32-27/h10-11,17,19,21,29H,4-9,12-16,18H2,1-3H3,(H,30,36)(H,31,35)(H,32,34)/t21?,27-/m0/s1. The Hall–Kier alpha value is -2.52. The number of rotatable bonds is 12. The van der Waals surface area contributed by atoms with Crippen molar-refractivity contribution in [3.63, 3.8) is 0 Å². The van der Waals surface area contributed by atoms with E-state index in [1.165, 1.54) is 39.2 Å². The van der Waals surface area contributed by atoms with Gasteiger partial charge in [-0.25, -0.2) is 9.59 Å². The fourth-order valence-electron chi connectivity index (χ4n) is 5.64. The first-order chi connectivity index (χ1) is 17.8. The Morgan fingerprint density at radius 2 is 2.00 bits per heavy atom. The van der Waals surface area contributed by atoms with Crippen LogP contribution >= 0.6 is 11.6 Å². The monoisotopic (exact) mass is 535 g/mol. The maximum Gasteiger partial charge on any atom is 0.406 e. The normalized spacial score (nSPS) is 20.1. The number of carbonyl (C=O) groups excluding carboxylic acids is 3. The smallest absolute Gasteiger partial charge is 0.406 e. The number of nitrogens with zero attached hydrogens (tertiary/aromatic N) is 1. The summed E-state index contributed by atoms with van der Waals surface area (Å²) in [5.74, 6) is 0.510. The van der Waals surface area contributed by atoms with Gasteiger partial charge in [-0.2, -0.15) is 0 Å². The highest BCUT2D eigenvalue weighted by molar-refractivity contribution is 6.30. The highest BCUT2D eigenvalue weighted by atomic mass is 35.5. The Morgan fingerprint density at radius 1 is 1.24 bits per heavy atom. The molecule has 1 heterocycles. The van der Waals surface area contributed by atoms with Gasteiger partial charge in [0.1, 0.15) is 0 Å². The molecule has 4 N–H and O–H groups in total. The van der Waals surface area contributed by atoms with Crippen molar-refractivity contribution in [1.82, 2.24) is 26.2 Å². The second kappa shape index (κ2) is 13.9. The molecule has 0 saturated heterocycles. The highest BCUT2D eigenvalue weighted by Gasteiger charge is 2.42. The van der Waals surface area contributed by atoms with Gasteiger partial charge in [0.25, 0.3) is 5.91 Å². The number of fused-ring (bicyclic) bond motifs is 1. The third-order valence-corrected chi connectivity index (χ3v) is 7.91. The Kier molecular flexibility index (Phi) is 10.9. The number of amides is 4. The lowest BCUT2D eigenvalue weighted by Gasteiger charge is -2.33. The van der Waals surface area contributed by atoms with Gasteiger partial charge in [0.15, 0.2) is 0 Å². The minimum Gasteiger partial charge on any atom is -0.453 e. The summed E-state index contributed by atoms with van der Waals surface area (Å²) in [6.45, 7) is 1.58. The van der Waals surface area contributed by atoms with E-state index in [9.17, 15) is 14.4 Å². The van der Waals surface area contributed by atoms with Crippen LogP contribution in [0.1, 0.15) is 73.7 Å². The molecule has 37 heavy (non-hydrogen) atoms. The van der Waals surface area contributed by atoms with Gasteiger partial charge < -0.3 is 30.9 Å². The number of likely N-dealkylation sites (N-methyl/N-ethyl adjacent to an activating group) is 1. The second-order valence-corrected chi connectivity index (χ2v) is 10.8.